The maximum atomic E-state index is 12.7. The largest absolute Gasteiger partial charge is 0.486 e. The number of hydrogen-bond donors (Lipinski definition) is 2. The molecule has 0 aliphatic rings. The highest BCUT2D eigenvalue weighted by Gasteiger charge is 2.30. The lowest BCUT2D eigenvalue weighted by atomic mass is 10.00. The first-order valence-electron chi connectivity index (χ1n) is 7.25. The number of alkyl halides is 3. The average molecular weight is 343 g/mol. The number of benzene rings is 1. The van der Waals surface area contributed by atoms with E-state index in [1.165, 1.54) is 12.1 Å². The van der Waals surface area contributed by atoms with E-state index in [1.54, 1.807) is 19.1 Å². The lowest BCUT2D eigenvalue weighted by Gasteiger charge is -2.20. The standard InChI is InChI=1S/C17H20F3NO3/c1-3-5-13(8-11(2)15(21)10-16(22)23)24-14-7-4-6-12(9-14)17(18,19)20/h3-7,9,13,15H,2,8,10,21H2,1H3,(H,22,23)/b5-3-/t13?,15-/m1/s1. The normalized spacial score (nSPS) is 14.4. The molecule has 0 saturated carbocycles. The Labute approximate surface area is 138 Å². The zero-order chi connectivity index (χ0) is 18.3. The molecule has 0 fully saturated rings. The quantitative estimate of drug-likeness (QED) is 0.705. The summed E-state index contributed by atoms with van der Waals surface area (Å²) in [6.45, 7) is 5.48. The lowest BCUT2D eigenvalue weighted by molar-refractivity contribution is -0.138. The minimum atomic E-state index is -4.46. The Balaban J connectivity index is 2.83. The monoisotopic (exact) mass is 343 g/mol. The number of carboxylic acids is 1. The third kappa shape index (κ3) is 6.45. The number of aliphatic carboxylic acids is 1. The Morgan fingerprint density at radius 1 is 1.42 bits per heavy atom. The minimum Gasteiger partial charge on any atom is -0.486 e. The average Bonchev–Trinajstić information content (AvgIpc) is 2.46. The SMILES string of the molecule is C=C(CC(/C=C\C)Oc1cccc(C(F)(F)F)c1)[C@H](N)CC(=O)O. The van der Waals surface area contributed by atoms with E-state index in [0.29, 0.717) is 5.57 Å². The fourth-order valence-corrected chi connectivity index (χ4v) is 2.03. The Morgan fingerprint density at radius 2 is 2.08 bits per heavy atom. The maximum Gasteiger partial charge on any atom is 0.416 e. The molecule has 1 aromatic carbocycles. The van der Waals surface area contributed by atoms with E-state index >= 15 is 0 Å². The fourth-order valence-electron chi connectivity index (χ4n) is 2.03. The van der Waals surface area contributed by atoms with Crippen LogP contribution in [0, 0.1) is 0 Å². The number of halogens is 3. The Kier molecular flexibility index (Phi) is 7.03. The topological polar surface area (TPSA) is 72.5 Å². The van der Waals surface area contributed by atoms with Crippen LogP contribution in [0.3, 0.4) is 0 Å². The zero-order valence-electron chi connectivity index (χ0n) is 13.2. The minimum absolute atomic E-state index is 0.0625. The molecule has 2 atom stereocenters. The van der Waals surface area contributed by atoms with Crippen molar-refractivity contribution >= 4 is 5.97 Å². The molecular weight excluding hydrogens is 323 g/mol. The summed E-state index contributed by atoms with van der Waals surface area (Å²) in [6.07, 6.45) is -1.78. The van der Waals surface area contributed by atoms with Crippen LogP contribution in [0.5, 0.6) is 5.75 Å². The summed E-state index contributed by atoms with van der Waals surface area (Å²) in [7, 11) is 0. The molecule has 1 rings (SSSR count). The van der Waals surface area contributed by atoms with Crippen molar-refractivity contribution in [3.05, 3.63) is 54.1 Å². The van der Waals surface area contributed by atoms with E-state index < -0.39 is 29.9 Å². The van der Waals surface area contributed by atoms with E-state index in [-0.39, 0.29) is 18.6 Å². The van der Waals surface area contributed by atoms with Gasteiger partial charge < -0.3 is 15.6 Å². The molecule has 4 nitrogen and oxygen atoms in total. The van der Waals surface area contributed by atoms with Crippen LogP contribution in [-0.2, 0) is 11.0 Å². The van der Waals surface area contributed by atoms with Gasteiger partial charge in [0.1, 0.15) is 11.9 Å². The molecule has 3 N–H and O–H groups in total. The third-order valence-electron chi connectivity index (χ3n) is 3.24. The zero-order valence-corrected chi connectivity index (χ0v) is 13.2. The van der Waals surface area contributed by atoms with Crippen molar-refractivity contribution in [3.8, 4) is 5.75 Å². The van der Waals surface area contributed by atoms with Crippen molar-refractivity contribution in [1.82, 2.24) is 0 Å². The summed E-state index contributed by atoms with van der Waals surface area (Å²) in [4.78, 5) is 10.7. The maximum absolute atomic E-state index is 12.7. The van der Waals surface area contributed by atoms with Crippen molar-refractivity contribution in [2.24, 2.45) is 5.73 Å². The van der Waals surface area contributed by atoms with Crippen molar-refractivity contribution in [2.75, 3.05) is 0 Å². The van der Waals surface area contributed by atoms with Crippen LogP contribution < -0.4 is 10.5 Å². The van der Waals surface area contributed by atoms with Gasteiger partial charge in [-0.05, 0) is 31.2 Å². The lowest BCUT2D eigenvalue weighted by Crippen LogP contribution is -2.28. The second-order valence-electron chi connectivity index (χ2n) is 5.27. The van der Waals surface area contributed by atoms with Crippen LogP contribution in [0.2, 0.25) is 0 Å². The number of carbonyl (C=O) groups is 1. The number of hydrogen-bond acceptors (Lipinski definition) is 3. The molecule has 0 bridgehead atoms. The highest BCUT2D eigenvalue weighted by molar-refractivity contribution is 5.68. The van der Waals surface area contributed by atoms with Gasteiger partial charge in [-0.3, -0.25) is 4.79 Å². The second kappa shape index (κ2) is 8.54. The molecule has 0 aromatic heterocycles. The van der Waals surface area contributed by atoms with Crippen LogP contribution in [0.25, 0.3) is 0 Å². The van der Waals surface area contributed by atoms with Gasteiger partial charge in [-0.2, -0.15) is 13.2 Å². The number of nitrogens with two attached hydrogens (primary N) is 1. The smallest absolute Gasteiger partial charge is 0.416 e. The van der Waals surface area contributed by atoms with E-state index in [4.69, 9.17) is 15.6 Å². The second-order valence-corrected chi connectivity index (χ2v) is 5.27. The van der Waals surface area contributed by atoms with Gasteiger partial charge in [0.05, 0.1) is 12.0 Å². The molecule has 0 amide bonds. The Morgan fingerprint density at radius 3 is 2.62 bits per heavy atom. The molecule has 0 heterocycles. The molecule has 24 heavy (non-hydrogen) atoms. The van der Waals surface area contributed by atoms with Gasteiger partial charge in [0.25, 0.3) is 0 Å². The van der Waals surface area contributed by atoms with Crippen molar-refractivity contribution in [2.45, 2.75) is 38.1 Å². The molecular formula is C17H20F3NO3. The molecule has 0 aliphatic carbocycles. The number of ether oxygens (including phenoxy) is 1. The van der Waals surface area contributed by atoms with Gasteiger partial charge in [0.15, 0.2) is 0 Å². The predicted molar refractivity (Wildman–Crippen MR) is 84.7 cm³/mol. The predicted octanol–water partition coefficient (Wildman–Crippen LogP) is 3.78. The summed E-state index contributed by atoms with van der Waals surface area (Å²) in [5.74, 6) is -0.988. The van der Waals surface area contributed by atoms with Crippen LogP contribution in [-0.4, -0.2) is 23.2 Å². The number of rotatable bonds is 8. The molecule has 1 unspecified atom stereocenters. The van der Waals surface area contributed by atoms with E-state index in [0.717, 1.165) is 12.1 Å². The van der Waals surface area contributed by atoms with E-state index in [1.807, 2.05) is 0 Å². The van der Waals surface area contributed by atoms with Crippen molar-refractivity contribution in [1.29, 1.82) is 0 Å². The first kappa shape index (κ1) is 19.8. The molecule has 0 saturated heterocycles. The highest BCUT2D eigenvalue weighted by atomic mass is 19.4. The molecule has 0 spiro atoms. The van der Waals surface area contributed by atoms with Gasteiger partial charge in [-0.25, -0.2) is 0 Å². The molecule has 0 radical (unpaired) electrons. The van der Waals surface area contributed by atoms with Gasteiger partial charge in [0, 0.05) is 12.5 Å². The first-order valence-corrected chi connectivity index (χ1v) is 7.25. The van der Waals surface area contributed by atoms with Crippen molar-refractivity contribution < 1.29 is 27.8 Å². The summed E-state index contributed by atoms with van der Waals surface area (Å²) in [5.41, 5.74) is 5.37. The van der Waals surface area contributed by atoms with E-state index in [9.17, 15) is 18.0 Å². The Hall–Kier alpha value is -2.28. The van der Waals surface area contributed by atoms with Crippen molar-refractivity contribution in [3.63, 3.8) is 0 Å². The number of allylic oxidation sites excluding steroid dienone is 1. The van der Waals surface area contributed by atoms with Gasteiger partial charge in [0.2, 0.25) is 0 Å². The summed E-state index contributed by atoms with van der Waals surface area (Å²) in [5, 5.41) is 8.74. The van der Waals surface area contributed by atoms with Gasteiger partial charge in [-0.1, -0.05) is 24.3 Å². The van der Waals surface area contributed by atoms with E-state index in [2.05, 4.69) is 6.58 Å². The molecule has 7 heteroatoms. The molecule has 132 valence electrons. The van der Waals surface area contributed by atoms with Crippen LogP contribution in [0.1, 0.15) is 25.3 Å². The van der Waals surface area contributed by atoms with Gasteiger partial charge >= 0.3 is 12.1 Å². The summed E-state index contributed by atoms with van der Waals surface area (Å²) in [6, 6.07) is 3.80. The Bertz CT molecular complexity index is 611. The molecule has 0 aliphatic heterocycles. The van der Waals surface area contributed by atoms with Gasteiger partial charge in [-0.15, -0.1) is 0 Å². The highest BCUT2D eigenvalue weighted by Crippen LogP contribution is 2.31. The fraction of sp³-hybridized carbons (Fsp3) is 0.353. The summed E-state index contributed by atoms with van der Waals surface area (Å²) < 4.78 is 43.8. The van der Waals surface area contributed by atoms with Crippen LogP contribution in [0.15, 0.2) is 48.6 Å². The third-order valence-corrected chi connectivity index (χ3v) is 3.24. The van der Waals surface area contributed by atoms with Crippen LogP contribution in [0.4, 0.5) is 13.2 Å². The number of carboxylic acid groups (broad SMARTS) is 1. The molecule has 1 aromatic rings. The first-order chi connectivity index (χ1) is 11.1. The van der Waals surface area contributed by atoms with Crippen LogP contribution >= 0.6 is 0 Å². The summed E-state index contributed by atoms with van der Waals surface area (Å²) >= 11 is 0.